The first kappa shape index (κ1) is 38.1. The minimum atomic E-state index is -0.560. The lowest BCUT2D eigenvalue weighted by Crippen LogP contribution is -2.33. The quantitative estimate of drug-likeness (QED) is 0.0532. The van der Waals surface area contributed by atoms with Gasteiger partial charge in [0.2, 0.25) is 5.91 Å². The molecule has 1 unspecified atom stereocenters. The number of carbonyl (C=O) groups is 3. The van der Waals surface area contributed by atoms with Crippen LogP contribution in [0.5, 0.6) is 0 Å². The number of anilines is 1. The van der Waals surface area contributed by atoms with E-state index >= 15 is 0 Å². The molecule has 17 heteroatoms. The van der Waals surface area contributed by atoms with Crippen molar-refractivity contribution in [3.63, 3.8) is 0 Å². The first-order valence-electron chi connectivity index (χ1n) is 14.0. The number of nitrogens with one attached hydrogen (secondary N) is 3. The van der Waals surface area contributed by atoms with E-state index in [2.05, 4.69) is 25.3 Å². The second-order valence-corrected chi connectivity index (χ2v) is 9.48. The average molecular weight is 671 g/mol. The molecule has 3 heterocycles. The second kappa shape index (κ2) is 20.9. The van der Waals surface area contributed by atoms with Crippen molar-refractivity contribution in [3.05, 3.63) is 90.5 Å². The van der Waals surface area contributed by atoms with E-state index in [1.807, 2.05) is 24.3 Å². The zero-order chi connectivity index (χ0) is 33.1. The molecule has 1 aliphatic heterocycles. The molecule has 1 radical (unpaired) electrons. The largest absolute Gasteiger partial charge is 0.555 e. The molecule has 1 atom stereocenters. The fraction of sp³-hybridized carbons (Fsp3) is 0.267. The molecule has 0 saturated carbocycles. The van der Waals surface area contributed by atoms with Gasteiger partial charge in [-0.15, -0.1) is 12.4 Å². The Morgan fingerprint density at radius 1 is 1.15 bits per heavy atom. The number of nitrogens with zero attached hydrogens (tertiary/aromatic N) is 3. The monoisotopic (exact) mass is 670 g/mol. The van der Waals surface area contributed by atoms with E-state index in [0.29, 0.717) is 37.2 Å². The number of benzene rings is 2. The van der Waals surface area contributed by atoms with Crippen LogP contribution in [0.2, 0.25) is 6.32 Å². The van der Waals surface area contributed by atoms with Gasteiger partial charge < -0.3 is 39.4 Å². The van der Waals surface area contributed by atoms with Crippen LogP contribution >= 0.6 is 12.4 Å². The molecule has 1 saturated heterocycles. The van der Waals surface area contributed by atoms with Crippen LogP contribution in [-0.2, 0) is 38.6 Å². The number of hydrogen-bond acceptors (Lipinski definition) is 12. The van der Waals surface area contributed by atoms with Crippen molar-refractivity contribution in [2.75, 3.05) is 18.0 Å². The summed E-state index contributed by atoms with van der Waals surface area (Å²) in [6.07, 6.45) is 6.69. The Morgan fingerprint density at radius 3 is 2.40 bits per heavy atom. The van der Waals surface area contributed by atoms with Gasteiger partial charge in [0.25, 0.3) is 0 Å². The molecule has 47 heavy (non-hydrogen) atoms. The molecule has 4 aromatic rings. The van der Waals surface area contributed by atoms with Crippen LogP contribution < -0.4 is 21.3 Å². The smallest absolute Gasteiger partial charge is 0.414 e. The van der Waals surface area contributed by atoms with Crippen LogP contribution in [0.1, 0.15) is 24.0 Å². The van der Waals surface area contributed by atoms with Crippen LogP contribution in [0.25, 0.3) is 11.1 Å². The number of amides is 2. The van der Waals surface area contributed by atoms with E-state index in [1.165, 1.54) is 38.2 Å². The Bertz CT molecular complexity index is 1510. The molecule has 1 aliphatic rings. The van der Waals surface area contributed by atoms with Gasteiger partial charge in [-0.05, 0) is 29.3 Å². The predicted molar refractivity (Wildman–Crippen MR) is 173 cm³/mol. The van der Waals surface area contributed by atoms with Gasteiger partial charge in [0.05, 0.1) is 44.3 Å². The highest BCUT2D eigenvalue weighted by Crippen LogP contribution is 2.29. The number of nitrogens with two attached hydrogens (primary N) is 1. The fourth-order valence-corrected chi connectivity index (χ4v) is 3.95. The van der Waals surface area contributed by atoms with Crippen LogP contribution in [0.15, 0.2) is 76.5 Å². The van der Waals surface area contributed by atoms with Gasteiger partial charge in [-0.2, -0.15) is 0 Å². The molecular formula is C30H35BClFN7O7. The molecule has 2 amide bonds. The van der Waals surface area contributed by atoms with Gasteiger partial charge in [0, 0.05) is 25.4 Å². The zero-order valence-electron chi connectivity index (χ0n) is 25.5. The van der Waals surface area contributed by atoms with Crippen LogP contribution in [0.4, 0.5) is 14.9 Å². The van der Waals surface area contributed by atoms with Crippen molar-refractivity contribution in [1.29, 1.82) is 5.41 Å². The van der Waals surface area contributed by atoms with Gasteiger partial charge in [-0.1, -0.05) is 24.3 Å². The summed E-state index contributed by atoms with van der Waals surface area (Å²) in [6, 6.07) is 12.2. The molecule has 0 bridgehead atoms. The summed E-state index contributed by atoms with van der Waals surface area (Å²) in [4.78, 5) is 41.6. The fourth-order valence-electron chi connectivity index (χ4n) is 3.95. The summed E-state index contributed by atoms with van der Waals surface area (Å²) in [5.41, 5.74) is 7.80. The Labute approximate surface area is 277 Å². The molecular weight excluding hydrogens is 636 g/mol. The lowest BCUT2D eigenvalue weighted by Gasteiger charge is -2.15. The normalized spacial score (nSPS) is 13.0. The number of oxazole rings is 2. The highest BCUT2D eigenvalue weighted by atomic mass is 35.5. The Morgan fingerprint density at radius 2 is 1.85 bits per heavy atom. The summed E-state index contributed by atoms with van der Waals surface area (Å²) in [5.74, 6) is 0.843. The number of carbonyl (C=O) groups excluding carboxylic acids is 3. The molecule has 0 spiro atoms. The van der Waals surface area contributed by atoms with Crippen LogP contribution in [0, 0.1) is 11.2 Å². The van der Waals surface area contributed by atoms with Crippen molar-refractivity contribution in [1.82, 2.24) is 20.6 Å². The maximum Gasteiger partial charge on any atom is 0.414 e. The predicted octanol–water partition coefficient (Wildman–Crippen LogP) is 3.63. The topological polar surface area (TPSA) is 199 Å². The van der Waals surface area contributed by atoms with Crippen molar-refractivity contribution >= 4 is 50.3 Å². The third-order valence-corrected chi connectivity index (χ3v) is 6.14. The van der Waals surface area contributed by atoms with Gasteiger partial charge in [0.15, 0.2) is 12.8 Å². The summed E-state index contributed by atoms with van der Waals surface area (Å²) >= 11 is 0. The average Bonchev–Trinajstić information content (AvgIpc) is 3.85. The minimum absolute atomic E-state index is 0. The van der Waals surface area contributed by atoms with E-state index in [0.717, 1.165) is 29.0 Å². The van der Waals surface area contributed by atoms with Crippen LogP contribution in [-0.4, -0.2) is 61.3 Å². The molecule has 14 nitrogen and oxygen atoms in total. The van der Waals surface area contributed by atoms with E-state index in [1.54, 1.807) is 24.5 Å². The highest BCUT2D eigenvalue weighted by Gasteiger charge is 2.32. The van der Waals surface area contributed by atoms with Crippen molar-refractivity contribution < 1.29 is 37.0 Å². The molecule has 1 fully saturated rings. The Balaban J connectivity index is 0.000000425. The summed E-state index contributed by atoms with van der Waals surface area (Å²) in [7, 11) is 1.25. The maximum absolute atomic E-state index is 14.9. The lowest BCUT2D eigenvalue weighted by molar-refractivity contribution is -0.119. The Kier molecular flexibility index (Phi) is 16.9. The van der Waals surface area contributed by atoms with E-state index in [9.17, 15) is 18.8 Å². The first-order valence-corrected chi connectivity index (χ1v) is 14.0. The van der Waals surface area contributed by atoms with Gasteiger partial charge in [0.1, 0.15) is 36.1 Å². The molecule has 0 aliphatic carbocycles. The summed E-state index contributed by atoms with van der Waals surface area (Å²) in [5, 5.41) is 12.2. The zero-order valence-corrected chi connectivity index (χ0v) is 26.3. The summed E-state index contributed by atoms with van der Waals surface area (Å²) in [6.45, 7) is 3.50. The maximum atomic E-state index is 14.9. The van der Waals surface area contributed by atoms with Gasteiger partial charge in [-0.25, -0.2) is 19.2 Å². The SMILES string of the molecule is CC(=O)NCC1CN(c2ccc(-c3ccc(CNCc4cnco4)cc3)c(F)c2)C(=O)O1.Cl.N=CO[B]CC=O.NCc1cnco1. The van der Waals surface area contributed by atoms with E-state index in [-0.39, 0.29) is 37.7 Å². The molecule has 2 aromatic carbocycles. The molecule has 5 rings (SSSR count). The third kappa shape index (κ3) is 13.1. The van der Waals surface area contributed by atoms with E-state index in [4.69, 9.17) is 24.7 Å². The van der Waals surface area contributed by atoms with Crippen molar-refractivity contribution in [2.24, 2.45) is 5.73 Å². The molecule has 249 valence electrons. The van der Waals surface area contributed by atoms with Gasteiger partial charge >= 0.3 is 13.6 Å². The standard InChI is InChI=1S/C23H23FN4O4.C4H6N2O.C3H5BNO2.ClH/c1-15(29)27-12-20-13-28(23(30)32-20)18-6-7-21(22(24)8-18)17-4-2-16(3-5-17)9-25-10-19-11-26-14-31-19;5-1-4-2-6-3-7-4;5-3-7-4-1-2-6;/h2-8,11,14,20,25H,9-10,12-13H2,1H3,(H,27,29);2-3H,1,5H2;2-3,5H,1H2;1H. The number of halogens is 2. The highest BCUT2D eigenvalue weighted by molar-refractivity contribution is 6.33. The van der Waals surface area contributed by atoms with Gasteiger partial charge in [-0.3, -0.25) is 15.1 Å². The number of aldehydes is 1. The molecule has 5 N–H and O–H groups in total. The minimum Gasteiger partial charge on any atom is -0.555 e. The third-order valence-electron chi connectivity index (χ3n) is 6.14. The summed E-state index contributed by atoms with van der Waals surface area (Å²) < 4.78 is 34.3. The van der Waals surface area contributed by atoms with Crippen molar-refractivity contribution in [2.45, 2.75) is 39.0 Å². The number of hydrogen-bond donors (Lipinski definition) is 4. The number of ether oxygens (including phenoxy) is 1. The first-order chi connectivity index (χ1) is 22.3. The number of rotatable bonds is 13. The van der Waals surface area contributed by atoms with Crippen LogP contribution in [0.3, 0.4) is 0 Å². The number of cyclic esters (lactones) is 1. The number of aromatic nitrogens is 2. The van der Waals surface area contributed by atoms with Crippen molar-refractivity contribution in [3.8, 4) is 11.1 Å². The Hall–Kier alpha value is -5.06. The van der Waals surface area contributed by atoms with E-state index < -0.39 is 18.0 Å². The second-order valence-electron chi connectivity index (χ2n) is 9.48. The molecule has 2 aromatic heterocycles. The lowest BCUT2D eigenvalue weighted by atomic mass is 9.97.